The highest BCUT2D eigenvalue weighted by Gasteiger charge is 2.14. The monoisotopic (exact) mass is 317 g/mol. The van der Waals surface area contributed by atoms with Crippen LogP contribution in [0.4, 0.5) is 5.69 Å². The number of amides is 1. The lowest BCUT2D eigenvalue weighted by Gasteiger charge is -2.13. The molecule has 2 aromatic carbocycles. The van der Waals surface area contributed by atoms with E-state index < -0.39 is 0 Å². The molecule has 0 bridgehead atoms. The number of rotatable bonds is 2. The van der Waals surface area contributed by atoms with Gasteiger partial charge in [0.05, 0.1) is 0 Å². The van der Waals surface area contributed by atoms with E-state index in [0.29, 0.717) is 5.56 Å². The average molecular weight is 318 g/mol. The Balaban J connectivity index is 2.35. The first-order valence-corrected chi connectivity index (χ1v) is 6.92. The maximum Gasteiger partial charge on any atom is 0.255 e. The van der Waals surface area contributed by atoms with E-state index in [-0.39, 0.29) is 5.91 Å². The second-order valence-electron chi connectivity index (χ2n) is 4.60. The Hall–Kier alpha value is -1.61. The molecule has 0 fully saturated rings. The van der Waals surface area contributed by atoms with Gasteiger partial charge in [-0.2, -0.15) is 0 Å². The molecule has 98 valence electrons. The number of para-hydroxylation sites is 1. The normalized spacial score (nSPS) is 10.3. The fourth-order valence-electron chi connectivity index (χ4n) is 1.96. The van der Waals surface area contributed by atoms with Gasteiger partial charge in [0.25, 0.3) is 5.91 Å². The summed E-state index contributed by atoms with van der Waals surface area (Å²) in [6.07, 6.45) is 0. The number of carbonyl (C=O) groups is 1. The van der Waals surface area contributed by atoms with Gasteiger partial charge in [-0.1, -0.05) is 34.1 Å². The van der Waals surface area contributed by atoms with E-state index in [0.717, 1.165) is 21.3 Å². The van der Waals surface area contributed by atoms with E-state index in [2.05, 4.69) is 21.2 Å². The van der Waals surface area contributed by atoms with Crippen LogP contribution in [0.5, 0.6) is 0 Å². The van der Waals surface area contributed by atoms with Gasteiger partial charge in [0, 0.05) is 15.7 Å². The van der Waals surface area contributed by atoms with E-state index in [9.17, 15) is 4.79 Å². The van der Waals surface area contributed by atoms with Gasteiger partial charge >= 0.3 is 0 Å². The summed E-state index contributed by atoms with van der Waals surface area (Å²) in [4.78, 5) is 12.3. The average Bonchev–Trinajstić information content (AvgIpc) is 2.41. The Morgan fingerprint density at radius 3 is 2.26 bits per heavy atom. The van der Waals surface area contributed by atoms with E-state index in [1.165, 1.54) is 5.56 Å². The van der Waals surface area contributed by atoms with E-state index >= 15 is 0 Å². The van der Waals surface area contributed by atoms with Gasteiger partial charge in [-0.05, 0) is 55.7 Å². The highest BCUT2D eigenvalue weighted by atomic mass is 79.9. The van der Waals surface area contributed by atoms with Crippen molar-refractivity contribution in [2.45, 2.75) is 20.8 Å². The molecule has 0 unspecified atom stereocenters. The fraction of sp³-hybridized carbons (Fsp3) is 0.188. The minimum atomic E-state index is -0.0764. The Bertz CT molecular complexity index is 620. The van der Waals surface area contributed by atoms with Crippen molar-refractivity contribution in [1.29, 1.82) is 0 Å². The highest BCUT2D eigenvalue weighted by Crippen LogP contribution is 2.26. The van der Waals surface area contributed by atoms with Crippen LogP contribution in [-0.4, -0.2) is 5.91 Å². The summed E-state index contributed by atoms with van der Waals surface area (Å²) in [5.41, 5.74) is 4.86. The lowest BCUT2D eigenvalue weighted by molar-refractivity contribution is 0.102. The van der Waals surface area contributed by atoms with Gasteiger partial charge in [0.1, 0.15) is 0 Å². The first-order valence-electron chi connectivity index (χ1n) is 6.13. The standard InChI is InChI=1S/C16H16BrNO/c1-10-11(2)14(9-15(17)12(10)3)16(19)18-13-7-5-4-6-8-13/h4-9H,1-3H3,(H,18,19). The molecule has 1 N–H and O–H groups in total. The number of benzene rings is 2. The minimum Gasteiger partial charge on any atom is -0.322 e. The topological polar surface area (TPSA) is 29.1 Å². The molecule has 0 radical (unpaired) electrons. The van der Waals surface area contributed by atoms with E-state index in [4.69, 9.17) is 0 Å². The lowest BCUT2D eigenvalue weighted by Crippen LogP contribution is -2.14. The van der Waals surface area contributed by atoms with Gasteiger partial charge in [0.2, 0.25) is 0 Å². The summed E-state index contributed by atoms with van der Waals surface area (Å²) in [5.74, 6) is -0.0764. The maximum absolute atomic E-state index is 12.3. The number of hydrogen-bond donors (Lipinski definition) is 1. The van der Waals surface area contributed by atoms with Crippen molar-refractivity contribution in [3.8, 4) is 0 Å². The molecule has 2 rings (SSSR count). The second-order valence-corrected chi connectivity index (χ2v) is 5.46. The molecule has 0 aliphatic rings. The van der Waals surface area contributed by atoms with Crippen molar-refractivity contribution in [3.05, 3.63) is 63.1 Å². The molecule has 0 aromatic heterocycles. The Kier molecular flexibility index (Phi) is 4.05. The van der Waals surface area contributed by atoms with Gasteiger partial charge < -0.3 is 5.32 Å². The zero-order valence-electron chi connectivity index (χ0n) is 11.3. The number of nitrogens with one attached hydrogen (secondary N) is 1. The summed E-state index contributed by atoms with van der Waals surface area (Å²) < 4.78 is 0.966. The number of hydrogen-bond acceptors (Lipinski definition) is 1. The van der Waals surface area contributed by atoms with Crippen LogP contribution in [0.15, 0.2) is 40.9 Å². The molecule has 0 saturated carbocycles. The van der Waals surface area contributed by atoms with Crippen molar-refractivity contribution in [2.75, 3.05) is 5.32 Å². The van der Waals surface area contributed by atoms with Crippen LogP contribution >= 0.6 is 15.9 Å². The highest BCUT2D eigenvalue weighted by molar-refractivity contribution is 9.10. The molecule has 2 aromatic rings. The van der Waals surface area contributed by atoms with Crippen molar-refractivity contribution < 1.29 is 4.79 Å². The predicted molar refractivity (Wildman–Crippen MR) is 82.7 cm³/mol. The Morgan fingerprint density at radius 1 is 1.00 bits per heavy atom. The molecule has 0 aliphatic heterocycles. The van der Waals surface area contributed by atoms with Crippen LogP contribution in [0.3, 0.4) is 0 Å². The third-order valence-electron chi connectivity index (χ3n) is 3.43. The molecule has 0 heterocycles. The van der Waals surface area contributed by atoms with Gasteiger partial charge in [-0.3, -0.25) is 4.79 Å². The minimum absolute atomic E-state index is 0.0764. The zero-order chi connectivity index (χ0) is 14.0. The molecular weight excluding hydrogens is 302 g/mol. The van der Waals surface area contributed by atoms with Crippen molar-refractivity contribution in [1.82, 2.24) is 0 Å². The number of anilines is 1. The fourth-order valence-corrected chi connectivity index (χ4v) is 2.49. The van der Waals surface area contributed by atoms with E-state index in [1.54, 1.807) is 0 Å². The molecule has 0 atom stereocenters. The van der Waals surface area contributed by atoms with Crippen molar-refractivity contribution in [3.63, 3.8) is 0 Å². The smallest absolute Gasteiger partial charge is 0.255 e. The quantitative estimate of drug-likeness (QED) is 0.859. The van der Waals surface area contributed by atoms with Crippen LogP contribution in [-0.2, 0) is 0 Å². The molecule has 2 nitrogen and oxygen atoms in total. The summed E-state index contributed by atoms with van der Waals surface area (Å²) in [6.45, 7) is 6.06. The zero-order valence-corrected chi connectivity index (χ0v) is 12.8. The first kappa shape index (κ1) is 13.8. The maximum atomic E-state index is 12.3. The van der Waals surface area contributed by atoms with Crippen LogP contribution in [0.2, 0.25) is 0 Å². The van der Waals surface area contributed by atoms with Gasteiger partial charge in [0.15, 0.2) is 0 Å². The molecule has 0 aliphatic carbocycles. The van der Waals surface area contributed by atoms with E-state index in [1.807, 2.05) is 57.2 Å². The molecule has 19 heavy (non-hydrogen) atoms. The first-order chi connectivity index (χ1) is 9.00. The molecule has 0 saturated heterocycles. The Labute approximate surface area is 122 Å². The lowest BCUT2D eigenvalue weighted by atomic mass is 9.98. The largest absolute Gasteiger partial charge is 0.322 e. The summed E-state index contributed by atoms with van der Waals surface area (Å²) in [6, 6.07) is 11.4. The summed E-state index contributed by atoms with van der Waals surface area (Å²) >= 11 is 3.50. The SMILES string of the molecule is Cc1c(Br)cc(C(=O)Nc2ccccc2)c(C)c1C. The molecule has 1 amide bonds. The van der Waals surface area contributed by atoms with Crippen LogP contribution in [0.1, 0.15) is 27.0 Å². The van der Waals surface area contributed by atoms with Crippen LogP contribution < -0.4 is 5.32 Å². The van der Waals surface area contributed by atoms with Crippen LogP contribution in [0.25, 0.3) is 0 Å². The molecule has 3 heteroatoms. The molecular formula is C16H16BrNO. The third kappa shape index (κ3) is 2.87. The van der Waals surface area contributed by atoms with Gasteiger partial charge in [-0.15, -0.1) is 0 Å². The third-order valence-corrected chi connectivity index (χ3v) is 4.26. The Morgan fingerprint density at radius 2 is 1.63 bits per heavy atom. The number of halogens is 1. The summed E-state index contributed by atoms with van der Waals surface area (Å²) in [7, 11) is 0. The van der Waals surface area contributed by atoms with Crippen molar-refractivity contribution in [2.24, 2.45) is 0 Å². The van der Waals surface area contributed by atoms with Gasteiger partial charge in [-0.25, -0.2) is 0 Å². The van der Waals surface area contributed by atoms with Crippen LogP contribution in [0, 0.1) is 20.8 Å². The van der Waals surface area contributed by atoms with Crippen molar-refractivity contribution >= 4 is 27.5 Å². The number of carbonyl (C=O) groups excluding carboxylic acids is 1. The second kappa shape index (κ2) is 5.57. The predicted octanol–water partition coefficient (Wildman–Crippen LogP) is 4.63. The summed E-state index contributed by atoms with van der Waals surface area (Å²) in [5, 5.41) is 2.91. The molecule has 0 spiro atoms.